The molecule has 0 unspecified atom stereocenters. The van der Waals surface area contributed by atoms with Crippen molar-refractivity contribution in [2.24, 2.45) is 5.73 Å². The summed E-state index contributed by atoms with van der Waals surface area (Å²) in [6.45, 7) is 6.60. The van der Waals surface area contributed by atoms with E-state index in [1.54, 1.807) is 7.11 Å². The number of aromatic nitrogens is 1. The number of pyridine rings is 1. The fourth-order valence-corrected chi connectivity index (χ4v) is 4.28. The molecule has 1 atom stereocenters. The van der Waals surface area contributed by atoms with Crippen molar-refractivity contribution in [3.05, 3.63) is 88.9 Å². The van der Waals surface area contributed by atoms with Crippen LogP contribution in [0, 0.1) is 18.8 Å². The average Bonchev–Trinajstić information content (AvgIpc) is 3.21. The summed E-state index contributed by atoms with van der Waals surface area (Å²) in [7, 11) is 1.66. The Bertz CT molecular complexity index is 1330. The maximum absolute atomic E-state index is 6.25. The Balaban J connectivity index is 1.65. The summed E-state index contributed by atoms with van der Waals surface area (Å²) < 4.78 is 11.7. The lowest BCUT2D eigenvalue weighted by Crippen LogP contribution is -2.34. The summed E-state index contributed by atoms with van der Waals surface area (Å²) in [6, 6.07) is 16.6. The van der Waals surface area contributed by atoms with Crippen LogP contribution in [-0.2, 0) is 10.2 Å². The van der Waals surface area contributed by atoms with E-state index in [0.29, 0.717) is 18.2 Å². The highest BCUT2D eigenvalue weighted by molar-refractivity contribution is 5.69. The minimum atomic E-state index is -0.525. The first-order chi connectivity index (χ1) is 15.8. The van der Waals surface area contributed by atoms with Crippen molar-refractivity contribution < 1.29 is 9.47 Å². The lowest BCUT2D eigenvalue weighted by atomic mass is 9.73. The van der Waals surface area contributed by atoms with Crippen LogP contribution in [0.2, 0.25) is 0 Å². The number of methoxy groups -OCH3 is 1. The van der Waals surface area contributed by atoms with Gasteiger partial charge < -0.3 is 20.5 Å². The fraction of sp³-hybridized carbons (Fsp3) is 0.250. The highest BCUT2D eigenvalue weighted by atomic mass is 16.5. The Morgan fingerprint density at radius 2 is 1.88 bits per heavy atom. The summed E-state index contributed by atoms with van der Waals surface area (Å²) in [4.78, 5) is 4.70. The van der Waals surface area contributed by atoms with Crippen molar-refractivity contribution >= 4 is 0 Å². The van der Waals surface area contributed by atoms with Crippen LogP contribution in [0.3, 0.4) is 0 Å². The molecule has 3 N–H and O–H groups in total. The minimum Gasteiger partial charge on any atom is -0.438 e. The molecule has 0 bridgehead atoms. The van der Waals surface area contributed by atoms with Crippen molar-refractivity contribution in [3.8, 4) is 34.6 Å². The van der Waals surface area contributed by atoms with Crippen LogP contribution in [0.5, 0.6) is 11.6 Å². The number of nitrogens with one attached hydrogen (secondary N) is 1. The van der Waals surface area contributed by atoms with Gasteiger partial charge in [-0.05, 0) is 56.7 Å². The molecule has 1 spiro atoms. The number of benzene rings is 2. The van der Waals surface area contributed by atoms with E-state index >= 15 is 0 Å². The topological polar surface area (TPSA) is 69.4 Å². The molecular formula is C28H27N3O2. The Morgan fingerprint density at radius 1 is 1.09 bits per heavy atom. The van der Waals surface area contributed by atoms with Crippen molar-refractivity contribution in [1.29, 1.82) is 0 Å². The Morgan fingerprint density at radius 3 is 2.58 bits per heavy atom. The molecule has 3 heterocycles. The van der Waals surface area contributed by atoms with Crippen LogP contribution in [0.1, 0.15) is 36.1 Å². The molecule has 1 aromatic heterocycles. The van der Waals surface area contributed by atoms with E-state index in [4.69, 9.17) is 20.2 Å². The second kappa shape index (κ2) is 7.68. The number of nitrogens with two attached hydrogens (primary N) is 1. The molecule has 0 saturated heterocycles. The molecule has 0 radical (unpaired) electrons. The highest BCUT2D eigenvalue weighted by Crippen LogP contribution is 2.50. The Hall–Kier alpha value is -3.75. The maximum atomic E-state index is 6.25. The quantitative estimate of drug-likeness (QED) is 0.572. The van der Waals surface area contributed by atoms with E-state index in [9.17, 15) is 0 Å². The second-order valence-corrected chi connectivity index (χ2v) is 9.14. The number of hydrogen-bond acceptors (Lipinski definition) is 5. The van der Waals surface area contributed by atoms with Crippen LogP contribution in [0.4, 0.5) is 0 Å². The first kappa shape index (κ1) is 21.1. The standard InChI is InChI=1S/C28H27N3O2/c1-18-5-8-20(9-6-18)21-14-23-26(30-16-21)33-24-10-7-19(11-12-27(2,3)32-4)13-22(24)28(23)15-25(29)31-17-28/h5-10,13-16,31H,17,29H2,1-4H3/t28-/m0/s1. The molecule has 5 nitrogen and oxygen atoms in total. The molecule has 2 aliphatic heterocycles. The van der Waals surface area contributed by atoms with Crippen LogP contribution in [0.25, 0.3) is 11.1 Å². The van der Waals surface area contributed by atoms with Gasteiger partial charge in [0.25, 0.3) is 0 Å². The van der Waals surface area contributed by atoms with Gasteiger partial charge in [0.1, 0.15) is 11.4 Å². The van der Waals surface area contributed by atoms with Gasteiger partial charge in [-0.2, -0.15) is 0 Å². The van der Waals surface area contributed by atoms with Crippen LogP contribution >= 0.6 is 0 Å². The largest absolute Gasteiger partial charge is 0.438 e. The second-order valence-electron chi connectivity index (χ2n) is 9.14. The number of fused-ring (bicyclic) bond motifs is 4. The summed E-state index contributed by atoms with van der Waals surface area (Å²) in [5.41, 5.74) is 11.5. The predicted molar refractivity (Wildman–Crippen MR) is 130 cm³/mol. The highest BCUT2D eigenvalue weighted by Gasteiger charge is 2.44. The van der Waals surface area contributed by atoms with Crippen molar-refractivity contribution in [1.82, 2.24) is 10.3 Å². The van der Waals surface area contributed by atoms with Gasteiger partial charge in [0.05, 0.1) is 11.2 Å². The summed E-state index contributed by atoms with van der Waals surface area (Å²) in [6.07, 6.45) is 3.94. The van der Waals surface area contributed by atoms with E-state index < -0.39 is 11.0 Å². The molecule has 0 fully saturated rings. The zero-order chi connectivity index (χ0) is 23.2. The van der Waals surface area contributed by atoms with Crippen molar-refractivity contribution in [2.75, 3.05) is 13.7 Å². The molecule has 5 heteroatoms. The smallest absolute Gasteiger partial charge is 0.223 e. The molecule has 3 aromatic rings. The zero-order valence-electron chi connectivity index (χ0n) is 19.3. The fourth-order valence-electron chi connectivity index (χ4n) is 4.28. The van der Waals surface area contributed by atoms with Gasteiger partial charge in [0, 0.05) is 42.1 Å². The molecule has 33 heavy (non-hydrogen) atoms. The maximum Gasteiger partial charge on any atom is 0.223 e. The first-order valence-electron chi connectivity index (χ1n) is 11.0. The molecule has 0 saturated carbocycles. The predicted octanol–water partition coefficient (Wildman–Crippen LogP) is 4.63. The van der Waals surface area contributed by atoms with E-state index in [2.05, 4.69) is 66.6 Å². The zero-order valence-corrected chi connectivity index (χ0v) is 19.3. The van der Waals surface area contributed by atoms with E-state index in [1.807, 2.05) is 32.2 Å². The number of nitrogens with zero attached hydrogens (tertiary/aromatic N) is 1. The summed E-state index contributed by atoms with van der Waals surface area (Å²) in [5, 5.41) is 3.31. The van der Waals surface area contributed by atoms with Crippen LogP contribution in [0.15, 0.2) is 66.6 Å². The third-order valence-corrected chi connectivity index (χ3v) is 6.37. The normalized spacial score (nSPS) is 18.4. The Kier molecular flexibility index (Phi) is 4.92. The summed E-state index contributed by atoms with van der Waals surface area (Å²) >= 11 is 0. The van der Waals surface area contributed by atoms with E-state index in [-0.39, 0.29) is 0 Å². The van der Waals surface area contributed by atoms with Gasteiger partial charge in [-0.25, -0.2) is 4.98 Å². The molecule has 2 aliphatic rings. The number of hydrogen-bond donors (Lipinski definition) is 2. The lowest BCUT2D eigenvalue weighted by Gasteiger charge is -2.35. The number of ether oxygens (including phenoxy) is 2. The average molecular weight is 438 g/mol. The van der Waals surface area contributed by atoms with Crippen molar-refractivity contribution in [3.63, 3.8) is 0 Å². The third kappa shape index (κ3) is 3.73. The number of rotatable bonds is 2. The SMILES string of the molecule is COC(C)(C)C#Cc1ccc2c(c1)[C@@]1(C=C(N)NC1)c1cc(-c3ccc(C)cc3)cnc1O2. The molecule has 166 valence electrons. The molecular weight excluding hydrogens is 410 g/mol. The minimum absolute atomic E-state index is 0.491. The molecule has 0 aliphatic carbocycles. The summed E-state index contributed by atoms with van der Waals surface area (Å²) in [5.74, 6) is 8.46. The van der Waals surface area contributed by atoms with Gasteiger partial charge in [-0.3, -0.25) is 0 Å². The molecule has 0 amide bonds. The monoisotopic (exact) mass is 437 g/mol. The van der Waals surface area contributed by atoms with Gasteiger partial charge in [0.15, 0.2) is 0 Å². The van der Waals surface area contributed by atoms with Gasteiger partial charge in [-0.15, -0.1) is 0 Å². The van der Waals surface area contributed by atoms with Gasteiger partial charge in [0.2, 0.25) is 5.88 Å². The number of aryl methyl sites for hydroxylation is 1. The van der Waals surface area contributed by atoms with Gasteiger partial charge >= 0.3 is 0 Å². The van der Waals surface area contributed by atoms with Crippen LogP contribution < -0.4 is 15.8 Å². The third-order valence-electron chi connectivity index (χ3n) is 6.37. The molecule has 5 rings (SSSR count). The van der Waals surface area contributed by atoms with Gasteiger partial charge in [-0.1, -0.05) is 41.7 Å². The molecule has 2 aromatic carbocycles. The first-order valence-corrected chi connectivity index (χ1v) is 11.0. The Labute approximate surface area is 194 Å². The van der Waals surface area contributed by atoms with Crippen LogP contribution in [-0.4, -0.2) is 24.2 Å². The van der Waals surface area contributed by atoms with E-state index in [1.165, 1.54) is 5.56 Å². The van der Waals surface area contributed by atoms with E-state index in [0.717, 1.165) is 33.6 Å². The van der Waals surface area contributed by atoms with Crippen molar-refractivity contribution in [2.45, 2.75) is 31.8 Å². The lowest BCUT2D eigenvalue weighted by molar-refractivity contribution is 0.0742.